The average Bonchev–Trinajstić information content (AvgIpc) is 2.94. The lowest BCUT2D eigenvalue weighted by Crippen LogP contribution is -2.32. The summed E-state index contributed by atoms with van der Waals surface area (Å²) in [6.45, 7) is -0.381. The first-order valence-corrected chi connectivity index (χ1v) is 5.85. The summed E-state index contributed by atoms with van der Waals surface area (Å²) in [5, 5.41) is 36.6. The molecule has 0 radical (unpaired) electrons. The maximum Gasteiger partial charge on any atom is 0.184 e. The van der Waals surface area contributed by atoms with Gasteiger partial charge in [-0.1, -0.05) is 0 Å². The van der Waals surface area contributed by atoms with E-state index in [4.69, 9.17) is 15.6 Å². The second-order valence-corrected chi connectivity index (χ2v) is 4.47. The van der Waals surface area contributed by atoms with Gasteiger partial charge >= 0.3 is 0 Å². The van der Waals surface area contributed by atoms with Crippen LogP contribution in [-0.4, -0.2) is 54.8 Å². The molecule has 3 rings (SSSR count). The van der Waals surface area contributed by atoms with Gasteiger partial charge in [-0.05, 0) is 12.1 Å². The zero-order chi connectivity index (χ0) is 13.6. The van der Waals surface area contributed by atoms with Crippen molar-refractivity contribution in [2.24, 2.45) is 0 Å². The van der Waals surface area contributed by atoms with Crippen LogP contribution in [0, 0.1) is 0 Å². The lowest BCUT2D eigenvalue weighted by Gasteiger charge is -2.12. The summed E-state index contributed by atoms with van der Waals surface area (Å²) in [7, 11) is 0. The Kier molecular flexibility index (Phi) is 2.86. The van der Waals surface area contributed by atoms with Crippen molar-refractivity contribution in [2.45, 2.75) is 24.4 Å². The van der Waals surface area contributed by atoms with Crippen molar-refractivity contribution < 1.29 is 20.1 Å². The van der Waals surface area contributed by atoms with Gasteiger partial charge in [0.25, 0.3) is 0 Å². The second kappa shape index (κ2) is 4.42. The van der Waals surface area contributed by atoms with E-state index in [1.54, 1.807) is 22.7 Å². The van der Waals surface area contributed by atoms with Crippen LogP contribution in [0.3, 0.4) is 0 Å². The molecule has 102 valence electrons. The highest BCUT2D eigenvalue weighted by atomic mass is 16.6. The first-order valence-electron chi connectivity index (χ1n) is 5.85. The summed E-state index contributed by atoms with van der Waals surface area (Å²) in [4.78, 5) is 0. The van der Waals surface area contributed by atoms with Crippen molar-refractivity contribution in [1.82, 2.24) is 14.6 Å². The first-order chi connectivity index (χ1) is 9.13. The molecule has 4 atom stereocenters. The predicted octanol–water partition coefficient (Wildman–Crippen LogP) is -1.53. The molecule has 2 aromatic rings. The Morgan fingerprint density at radius 3 is 2.79 bits per heavy atom. The molecule has 1 saturated heterocycles. The molecular formula is C11H14N4O4. The molecule has 2 aromatic heterocycles. The van der Waals surface area contributed by atoms with Crippen molar-refractivity contribution in [3.8, 4) is 0 Å². The molecule has 1 fully saturated rings. The van der Waals surface area contributed by atoms with E-state index in [-0.39, 0.29) is 6.61 Å². The number of anilines is 1. The van der Waals surface area contributed by atoms with Gasteiger partial charge in [0.1, 0.15) is 24.4 Å². The number of nitrogens with zero attached hydrogens (tertiary/aromatic N) is 3. The highest BCUT2D eigenvalue weighted by Gasteiger charge is 2.45. The summed E-state index contributed by atoms with van der Waals surface area (Å²) in [6, 6.07) is 3.40. The van der Waals surface area contributed by atoms with Crippen LogP contribution >= 0.6 is 0 Å². The minimum Gasteiger partial charge on any atom is -0.396 e. The lowest BCUT2D eigenvalue weighted by molar-refractivity contribution is -0.0255. The van der Waals surface area contributed by atoms with Gasteiger partial charge in [-0.25, -0.2) is 0 Å². The average molecular weight is 266 g/mol. The molecule has 0 bridgehead atoms. The normalized spacial score (nSPS) is 31.1. The van der Waals surface area contributed by atoms with Crippen molar-refractivity contribution in [2.75, 3.05) is 12.3 Å². The molecule has 0 amide bonds. The molecule has 5 N–H and O–H groups in total. The molecule has 3 heterocycles. The summed E-state index contributed by atoms with van der Waals surface area (Å²) < 4.78 is 7.01. The number of ether oxygens (including phenoxy) is 1. The van der Waals surface area contributed by atoms with Gasteiger partial charge in [-0.3, -0.25) is 4.40 Å². The Bertz CT molecular complexity index is 601. The van der Waals surface area contributed by atoms with E-state index in [1.807, 2.05) is 0 Å². The van der Waals surface area contributed by atoms with Crippen LogP contribution in [0.1, 0.15) is 11.9 Å². The van der Waals surface area contributed by atoms with Crippen LogP contribution in [0.4, 0.5) is 5.69 Å². The molecule has 19 heavy (non-hydrogen) atoms. The number of aromatic nitrogens is 3. The Morgan fingerprint density at radius 1 is 1.32 bits per heavy atom. The van der Waals surface area contributed by atoms with Gasteiger partial charge in [0.05, 0.1) is 12.3 Å². The molecule has 0 unspecified atom stereocenters. The van der Waals surface area contributed by atoms with Crippen LogP contribution < -0.4 is 5.73 Å². The minimum absolute atomic E-state index is 0.338. The lowest BCUT2D eigenvalue weighted by atomic mass is 10.1. The van der Waals surface area contributed by atoms with Crippen molar-refractivity contribution in [1.29, 1.82) is 0 Å². The molecule has 0 saturated carbocycles. The maximum absolute atomic E-state index is 9.96. The highest BCUT2D eigenvalue weighted by Crippen LogP contribution is 2.33. The smallest absolute Gasteiger partial charge is 0.184 e. The molecular weight excluding hydrogens is 252 g/mol. The number of nitrogens with two attached hydrogens (primary N) is 1. The van der Waals surface area contributed by atoms with Crippen molar-refractivity contribution >= 4 is 11.3 Å². The van der Waals surface area contributed by atoms with Crippen molar-refractivity contribution in [3.05, 3.63) is 24.2 Å². The standard InChI is InChI=1S/C11H14N4O4/c12-5-2-1-3-15-10(5)13-14-11(15)9-8(18)7(17)6(4-16)19-9/h1-3,6-9,16-18H,4,12H2/t6-,7-,8-,9-/m1/s1. The van der Waals surface area contributed by atoms with E-state index >= 15 is 0 Å². The van der Waals surface area contributed by atoms with E-state index in [0.29, 0.717) is 17.2 Å². The van der Waals surface area contributed by atoms with Gasteiger partial charge in [0.15, 0.2) is 11.5 Å². The third-order valence-electron chi connectivity index (χ3n) is 3.29. The van der Waals surface area contributed by atoms with E-state index in [9.17, 15) is 10.2 Å². The van der Waals surface area contributed by atoms with Gasteiger partial charge in [0.2, 0.25) is 0 Å². The summed E-state index contributed by atoms with van der Waals surface area (Å²) in [5.41, 5.74) is 6.67. The Balaban J connectivity index is 2.04. The van der Waals surface area contributed by atoms with Crippen LogP contribution in [0.15, 0.2) is 18.3 Å². The van der Waals surface area contributed by atoms with Crippen molar-refractivity contribution in [3.63, 3.8) is 0 Å². The van der Waals surface area contributed by atoms with Gasteiger partial charge in [0, 0.05) is 6.20 Å². The number of nitrogen functional groups attached to an aromatic ring is 1. The second-order valence-electron chi connectivity index (χ2n) is 4.47. The zero-order valence-corrected chi connectivity index (χ0v) is 9.92. The van der Waals surface area contributed by atoms with Gasteiger partial charge < -0.3 is 25.8 Å². The van der Waals surface area contributed by atoms with Crippen LogP contribution in [-0.2, 0) is 4.74 Å². The van der Waals surface area contributed by atoms with Crippen LogP contribution in [0.2, 0.25) is 0 Å². The van der Waals surface area contributed by atoms with Crippen LogP contribution in [0.25, 0.3) is 5.65 Å². The molecule has 1 aliphatic rings. The van der Waals surface area contributed by atoms with E-state index in [0.717, 1.165) is 0 Å². The Hall–Kier alpha value is -1.74. The van der Waals surface area contributed by atoms with E-state index < -0.39 is 24.4 Å². The highest BCUT2D eigenvalue weighted by molar-refractivity contribution is 5.63. The Labute approximate surface area is 108 Å². The van der Waals surface area contributed by atoms with Gasteiger partial charge in [-0.2, -0.15) is 0 Å². The fourth-order valence-electron chi connectivity index (χ4n) is 2.26. The zero-order valence-electron chi connectivity index (χ0n) is 9.92. The van der Waals surface area contributed by atoms with E-state index in [2.05, 4.69) is 10.2 Å². The molecule has 0 aromatic carbocycles. The number of hydrogen-bond donors (Lipinski definition) is 4. The number of fused-ring (bicyclic) bond motifs is 1. The summed E-state index contributed by atoms with van der Waals surface area (Å²) in [5.74, 6) is 0.338. The monoisotopic (exact) mass is 266 g/mol. The molecule has 8 heteroatoms. The largest absolute Gasteiger partial charge is 0.396 e. The number of pyridine rings is 1. The number of aliphatic hydroxyl groups excluding tert-OH is 3. The number of hydrogen-bond acceptors (Lipinski definition) is 7. The number of aliphatic hydroxyl groups is 3. The minimum atomic E-state index is -1.18. The third kappa shape index (κ3) is 1.77. The van der Waals surface area contributed by atoms with Gasteiger partial charge in [-0.15, -0.1) is 10.2 Å². The number of rotatable bonds is 2. The Morgan fingerprint density at radius 2 is 2.11 bits per heavy atom. The molecule has 8 nitrogen and oxygen atoms in total. The van der Waals surface area contributed by atoms with Crippen LogP contribution in [0.5, 0.6) is 0 Å². The third-order valence-corrected chi connectivity index (χ3v) is 3.29. The van der Waals surface area contributed by atoms with E-state index in [1.165, 1.54) is 0 Å². The predicted molar refractivity (Wildman–Crippen MR) is 64.1 cm³/mol. The first kappa shape index (κ1) is 12.3. The summed E-state index contributed by atoms with van der Waals surface area (Å²) in [6.07, 6.45) is -2.35. The SMILES string of the molecule is Nc1cccn2c([C@@H]3O[C@H](CO)[C@@H](O)[C@H]3O)nnc12. The molecule has 0 aliphatic carbocycles. The fourth-order valence-corrected chi connectivity index (χ4v) is 2.26. The quantitative estimate of drug-likeness (QED) is 0.519. The fraction of sp³-hybridized carbons (Fsp3) is 0.455. The summed E-state index contributed by atoms with van der Waals surface area (Å²) >= 11 is 0. The topological polar surface area (TPSA) is 126 Å². The molecule has 0 spiro atoms. The molecule has 1 aliphatic heterocycles. The maximum atomic E-state index is 9.96.